The molecule has 140 valence electrons. The fraction of sp³-hybridized carbons (Fsp3) is 0.556. The number of hydrazone groups is 1. The van der Waals surface area contributed by atoms with Crippen molar-refractivity contribution in [3.63, 3.8) is 0 Å². The lowest BCUT2D eigenvalue weighted by Gasteiger charge is -2.15. The smallest absolute Gasteiger partial charge is 0.315 e. The number of carbonyl (C=O) groups excluding carboxylic acids is 1. The van der Waals surface area contributed by atoms with Crippen LogP contribution >= 0.6 is 0 Å². The van der Waals surface area contributed by atoms with Crippen molar-refractivity contribution in [2.75, 3.05) is 6.61 Å². The first-order valence-corrected chi connectivity index (χ1v) is 8.85. The van der Waals surface area contributed by atoms with Crippen molar-refractivity contribution in [3.8, 4) is 11.5 Å². The Morgan fingerprint density at radius 2 is 2.31 bits per heavy atom. The number of phenolic OH excluding ortho intramolecular Hbond substituents is 1. The number of hydrogen-bond donors (Lipinski definition) is 2. The minimum atomic E-state index is -0.691. The van der Waals surface area contributed by atoms with Gasteiger partial charge in [-0.15, -0.1) is 0 Å². The molecule has 3 atom stereocenters. The maximum atomic E-state index is 12.4. The minimum absolute atomic E-state index is 0.00436. The second kappa shape index (κ2) is 6.93. The van der Waals surface area contributed by atoms with Gasteiger partial charge in [0.15, 0.2) is 5.75 Å². The van der Waals surface area contributed by atoms with Gasteiger partial charge < -0.3 is 9.84 Å². The van der Waals surface area contributed by atoms with Crippen LogP contribution in [0.4, 0.5) is 5.69 Å². The fourth-order valence-corrected chi connectivity index (χ4v) is 4.18. The van der Waals surface area contributed by atoms with Gasteiger partial charge in [0.05, 0.1) is 17.7 Å². The Labute approximate surface area is 151 Å². The van der Waals surface area contributed by atoms with Gasteiger partial charge in [-0.05, 0) is 37.2 Å². The number of aromatic hydroxyl groups is 1. The van der Waals surface area contributed by atoms with Crippen molar-refractivity contribution in [3.05, 3.63) is 27.8 Å². The van der Waals surface area contributed by atoms with Gasteiger partial charge in [-0.3, -0.25) is 14.9 Å². The number of hydrogen-bond acceptors (Lipinski definition) is 6. The number of phenols is 1. The molecule has 2 saturated carbocycles. The van der Waals surface area contributed by atoms with Crippen LogP contribution < -0.4 is 10.2 Å². The number of nitrogens with zero attached hydrogens (tertiary/aromatic N) is 2. The summed E-state index contributed by atoms with van der Waals surface area (Å²) < 4.78 is 5.22. The van der Waals surface area contributed by atoms with Crippen LogP contribution in [0.5, 0.6) is 11.5 Å². The topological polar surface area (TPSA) is 114 Å². The van der Waals surface area contributed by atoms with Gasteiger partial charge in [-0.2, -0.15) is 5.10 Å². The van der Waals surface area contributed by atoms with E-state index in [0.717, 1.165) is 19.3 Å². The highest BCUT2D eigenvalue weighted by Gasteiger charge is 2.64. The first-order valence-electron chi connectivity index (χ1n) is 8.85. The van der Waals surface area contributed by atoms with Crippen molar-refractivity contribution in [2.45, 2.75) is 39.5 Å². The lowest BCUT2D eigenvalue weighted by Crippen LogP contribution is -2.22. The van der Waals surface area contributed by atoms with Crippen molar-refractivity contribution in [2.24, 2.45) is 22.4 Å². The van der Waals surface area contributed by atoms with Crippen LogP contribution in [-0.4, -0.2) is 28.8 Å². The SMILES string of the molecule is CCOc1cc(/C=N\NC(=O)[C@H]2[C@@H]3CCCC[C@@]32C)cc([N+](=O)[O-])c1O. The van der Waals surface area contributed by atoms with E-state index in [0.29, 0.717) is 11.5 Å². The largest absolute Gasteiger partial charge is 0.500 e. The summed E-state index contributed by atoms with van der Waals surface area (Å²) in [6.07, 6.45) is 5.81. The predicted octanol–water partition coefficient (Wildman–Crippen LogP) is 2.98. The van der Waals surface area contributed by atoms with Crippen molar-refractivity contribution in [1.82, 2.24) is 5.43 Å². The van der Waals surface area contributed by atoms with Gasteiger partial charge in [0.1, 0.15) is 0 Å². The zero-order chi connectivity index (χ0) is 18.9. The molecule has 1 aromatic carbocycles. The van der Waals surface area contributed by atoms with E-state index in [1.54, 1.807) is 6.92 Å². The summed E-state index contributed by atoms with van der Waals surface area (Å²) in [4.78, 5) is 22.7. The van der Waals surface area contributed by atoms with Gasteiger partial charge >= 0.3 is 5.69 Å². The van der Waals surface area contributed by atoms with Gasteiger partial charge in [-0.1, -0.05) is 19.8 Å². The number of nitro benzene ring substituents is 1. The average molecular weight is 361 g/mol. The van der Waals surface area contributed by atoms with Gasteiger partial charge in [0.25, 0.3) is 0 Å². The first kappa shape index (κ1) is 18.2. The molecule has 0 aromatic heterocycles. The Balaban J connectivity index is 1.70. The molecule has 8 nitrogen and oxygen atoms in total. The Kier molecular flexibility index (Phi) is 4.84. The Hall–Kier alpha value is -2.64. The summed E-state index contributed by atoms with van der Waals surface area (Å²) in [5.41, 5.74) is 2.53. The third-order valence-corrected chi connectivity index (χ3v) is 5.58. The number of carbonyl (C=O) groups is 1. The summed E-state index contributed by atoms with van der Waals surface area (Å²) in [5.74, 6) is -0.182. The van der Waals surface area contributed by atoms with E-state index in [2.05, 4.69) is 17.5 Å². The molecule has 0 bridgehead atoms. The fourth-order valence-electron chi connectivity index (χ4n) is 4.18. The molecule has 1 amide bonds. The molecule has 0 spiro atoms. The summed E-state index contributed by atoms with van der Waals surface area (Å²) in [6.45, 7) is 4.12. The van der Waals surface area contributed by atoms with E-state index in [4.69, 9.17) is 4.74 Å². The van der Waals surface area contributed by atoms with Crippen LogP contribution in [0.25, 0.3) is 0 Å². The molecule has 26 heavy (non-hydrogen) atoms. The van der Waals surface area contributed by atoms with Crippen LogP contribution in [0.1, 0.15) is 45.1 Å². The van der Waals surface area contributed by atoms with Crippen molar-refractivity contribution < 1.29 is 19.6 Å². The Morgan fingerprint density at radius 3 is 2.92 bits per heavy atom. The van der Waals surface area contributed by atoms with Crippen LogP contribution in [0.3, 0.4) is 0 Å². The van der Waals surface area contributed by atoms with Crippen LogP contribution in [0, 0.1) is 27.4 Å². The zero-order valence-corrected chi connectivity index (χ0v) is 14.9. The highest BCUT2D eigenvalue weighted by atomic mass is 16.6. The number of rotatable bonds is 6. The molecule has 2 N–H and O–H groups in total. The van der Waals surface area contributed by atoms with Crippen LogP contribution in [0.15, 0.2) is 17.2 Å². The van der Waals surface area contributed by atoms with Crippen molar-refractivity contribution in [1.29, 1.82) is 0 Å². The zero-order valence-electron chi connectivity index (χ0n) is 14.9. The molecule has 0 aliphatic heterocycles. The highest BCUT2D eigenvalue weighted by molar-refractivity contribution is 5.87. The maximum absolute atomic E-state index is 12.4. The highest BCUT2D eigenvalue weighted by Crippen LogP contribution is 2.66. The van der Waals surface area contributed by atoms with E-state index < -0.39 is 16.4 Å². The second-order valence-electron chi connectivity index (χ2n) is 7.15. The summed E-state index contributed by atoms with van der Waals surface area (Å²) >= 11 is 0. The summed E-state index contributed by atoms with van der Waals surface area (Å²) in [7, 11) is 0. The number of nitro groups is 1. The normalized spacial score (nSPS) is 27.0. The molecule has 8 heteroatoms. The molecule has 0 unspecified atom stereocenters. The molecule has 3 rings (SSSR count). The number of amides is 1. The monoisotopic (exact) mass is 361 g/mol. The molecule has 1 aromatic rings. The summed E-state index contributed by atoms with van der Waals surface area (Å²) in [5, 5.41) is 24.9. The van der Waals surface area contributed by atoms with E-state index in [-0.39, 0.29) is 29.6 Å². The van der Waals surface area contributed by atoms with Crippen molar-refractivity contribution >= 4 is 17.8 Å². The molecule has 0 saturated heterocycles. The number of fused-ring (bicyclic) bond motifs is 1. The number of ether oxygens (including phenoxy) is 1. The average Bonchev–Trinajstić information content (AvgIpc) is 3.23. The molecule has 0 radical (unpaired) electrons. The molecule has 2 aliphatic carbocycles. The predicted molar refractivity (Wildman–Crippen MR) is 95.2 cm³/mol. The van der Waals surface area contributed by atoms with E-state index in [1.165, 1.54) is 24.8 Å². The molecule has 0 heterocycles. The third-order valence-electron chi connectivity index (χ3n) is 5.58. The molecule has 2 fully saturated rings. The van der Waals surface area contributed by atoms with Gasteiger partial charge in [0, 0.05) is 17.5 Å². The van der Waals surface area contributed by atoms with E-state index in [1.807, 2.05) is 0 Å². The second-order valence-corrected chi connectivity index (χ2v) is 7.15. The lowest BCUT2D eigenvalue weighted by atomic mass is 9.90. The van der Waals surface area contributed by atoms with Crippen LogP contribution in [0.2, 0.25) is 0 Å². The quantitative estimate of drug-likeness (QED) is 0.459. The van der Waals surface area contributed by atoms with Gasteiger partial charge in [0.2, 0.25) is 11.7 Å². The summed E-state index contributed by atoms with van der Waals surface area (Å²) in [6, 6.07) is 2.63. The van der Waals surface area contributed by atoms with E-state index in [9.17, 15) is 20.0 Å². The third kappa shape index (κ3) is 3.23. The molecule has 2 aliphatic rings. The Morgan fingerprint density at radius 1 is 1.54 bits per heavy atom. The van der Waals surface area contributed by atoms with Crippen LogP contribution in [-0.2, 0) is 4.79 Å². The van der Waals surface area contributed by atoms with Gasteiger partial charge in [-0.25, -0.2) is 5.43 Å². The van der Waals surface area contributed by atoms with E-state index >= 15 is 0 Å². The number of benzene rings is 1. The maximum Gasteiger partial charge on any atom is 0.315 e. The first-order chi connectivity index (χ1) is 12.4. The lowest BCUT2D eigenvalue weighted by molar-refractivity contribution is -0.386. The standard InChI is InChI=1S/C18H23N3O5/c1-3-26-14-9-11(8-13(16(14)22)21(24)25)10-19-20-17(23)15-12-6-4-5-7-18(12,15)2/h8-10,12,15,22H,3-7H2,1-2H3,(H,20,23)/b19-10-/t12-,15+,18-/m0/s1. The molecular formula is C18H23N3O5. The molecular weight excluding hydrogens is 338 g/mol. The number of nitrogens with one attached hydrogen (secondary N) is 1. The minimum Gasteiger partial charge on any atom is -0.500 e. The Bertz CT molecular complexity index is 763.